The number of ether oxygens (including phenoxy) is 1. The van der Waals surface area contributed by atoms with Crippen molar-refractivity contribution < 1.29 is 23.4 Å². The lowest BCUT2D eigenvalue weighted by Gasteiger charge is -2.42. The predicted octanol–water partition coefficient (Wildman–Crippen LogP) is 7.04. The molecule has 4 aliphatic rings. The third-order valence-corrected chi connectivity index (χ3v) is 12.1. The molecule has 0 bridgehead atoms. The molecule has 2 spiro atoms. The summed E-state index contributed by atoms with van der Waals surface area (Å²) in [5.74, 6) is -2.42. The maximum absolute atomic E-state index is 14.3. The molecule has 8 nitrogen and oxygen atoms in total. The highest BCUT2D eigenvalue weighted by atomic mass is 35.5. The molecule has 1 saturated heterocycles. The Hall–Kier alpha value is -3.41. The summed E-state index contributed by atoms with van der Waals surface area (Å²) in [6, 6.07) is 7.27. The van der Waals surface area contributed by atoms with Crippen LogP contribution < -0.4 is 10.3 Å². The SMILES string of the molecule is Cc1cc(-c2cc(Cl)ccc2OCCn2c(C)nc3c(c2=O)C[C@@H](N2CCC[C@]4(C2)CC4(F)F)CC32CC2)c2scc(C(=O)O)c2n1. The average Bonchev–Trinajstić information content (AvgIpc) is 3.83. The number of thiophene rings is 1. The van der Waals surface area contributed by atoms with Crippen LogP contribution in [0.4, 0.5) is 8.78 Å². The van der Waals surface area contributed by atoms with Crippen LogP contribution in [-0.4, -0.2) is 62.2 Å². The smallest absolute Gasteiger partial charge is 0.338 e. The minimum atomic E-state index is -2.57. The Morgan fingerprint density at radius 2 is 1.96 bits per heavy atom. The van der Waals surface area contributed by atoms with Crippen molar-refractivity contribution in [3.8, 4) is 16.9 Å². The van der Waals surface area contributed by atoms with E-state index in [2.05, 4.69) is 9.88 Å². The number of carboxylic acid groups (broad SMARTS) is 1. The van der Waals surface area contributed by atoms with Crippen LogP contribution in [0.5, 0.6) is 5.75 Å². The van der Waals surface area contributed by atoms with Gasteiger partial charge in [0.1, 0.15) is 18.2 Å². The Kier molecular flexibility index (Phi) is 7.10. The summed E-state index contributed by atoms with van der Waals surface area (Å²) in [5.41, 5.74) is 3.27. The van der Waals surface area contributed by atoms with E-state index in [4.69, 9.17) is 21.3 Å². The summed E-state index contributed by atoms with van der Waals surface area (Å²) in [6.07, 6.45) is 4.69. The van der Waals surface area contributed by atoms with Gasteiger partial charge in [0.2, 0.25) is 0 Å². The number of aryl methyl sites for hydroxylation is 2. The van der Waals surface area contributed by atoms with Crippen molar-refractivity contribution in [1.82, 2.24) is 19.4 Å². The monoisotopic (exact) mass is 680 g/mol. The molecule has 3 fully saturated rings. The molecule has 2 atom stereocenters. The van der Waals surface area contributed by atoms with E-state index in [1.807, 2.05) is 19.9 Å². The van der Waals surface area contributed by atoms with E-state index in [9.17, 15) is 23.5 Å². The lowest BCUT2D eigenvalue weighted by Crippen LogP contribution is -2.50. The van der Waals surface area contributed by atoms with E-state index in [0.717, 1.165) is 53.7 Å². The van der Waals surface area contributed by atoms with Gasteiger partial charge < -0.3 is 9.84 Å². The molecule has 47 heavy (non-hydrogen) atoms. The Morgan fingerprint density at radius 3 is 2.68 bits per heavy atom. The minimum absolute atomic E-state index is 0.0177. The number of aromatic nitrogens is 3. The zero-order chi connectivity index (χ0) is 32.9. The van der Waals surface area contributed by atoms with Crippen LogP contribution in [0.3, 0.4) is 0 Å². The van der Waals surface area contributed by atoms with E-state index in [0.29, 0.717) is 52.8 Å². The molecule has 1 aromatic carbocycles. The van der Waals surface area contributed by atoms with E-state index < -0.39 is 17.3 Å². The van der Waals surface area contributed by atoms with Crippen LogP contribution in [0.1, 0.15) is 71.7 Å². The molecule has 4 heterocycles. The number of piperidine rings is 1. The van der Waals surface area contributed by atoms with Crippen LogP contribution in [0.2, 0.25) is 5.02 Å². The van der Waals surface area contributed by atoms with E-state index in [-0.39, 0.29) is 42.2 Å². The first kappa shape index (κ1) is 30.9. The van der Waals surface area contributed by atoms with Crippen molar-refractivity contribution in [3.63, 3.8) is 0 Å². The summed E-state index contributed by atoms with van der Waals surface area (Å²) in [4.78, 5) is 37.6. The second kappa shape index (κ2) is 10.8. The first-order valence-electron chi connectivity index (χ1n) is 16.2. The van der Waals surface area contributed by atoms with Gasteiger partial charge in [-0.15, -0.1) is 11.3 Å². The summed E-state index contributed by atoms with van der Waals surface area (Å²) >= 11 is 7.73. The average molecular weight is 681 g/mol. The number of aromatic carboxylic acids is 1. The van der Waals surface area contributed by atoms with Crippen molar-refractivity contribution in [1.29, 1.82) is 0 Å². The van der Waals surface area contributed by atoms with Gasteiger partial charge in [0.05, 0.1) is 33.4 Å². The molecule has 8 rings (SSSR count). The van der Waals surface area contributed by atoms with E-state index in [1.165, 1.54) is 11.3 Å². The van der Waals surface area contributed by atoms with E-state index >= 15 is 0 Å². The Balaban J connectivity index is 1.06. The molecule has 3 aliphatic carbocycles. The van der Waals surface area contributed by atoms with Gasteiger partial charge in [-0.05, 0) is 83.2 Å². The number of rotatable bonds is 7. The second-order valence-corrected chi connectivity index (χ2v) is 15.3. The maximum atomic E-state index is 14.3. The van der Waals surface area contributed by atoms with Gasteiger partial charge in [-0.25, -0.2) is 18.6 Å². The zero-order valence-corrected chi connectivity index (χ0v) is 27.8. The van der Waals surface area contributed by atoms with E-state index in [1.54, 1.807) is 28.1 Å². The highest BCUT2D eigenvalue weighted by molar-refractivity contribution is 7.18. The third-order valence-electron chi connectivity index (χ3n) is 10.9. The third kappa shape index (κ3) is 5.07. The lowest BCUT2D eigenvalue weighted by atomic mass is 9.79. The van der Waals surface area contributed by atoms with Crippen molar-refractivity contribution in [2.45, 2.75) is 82.7 Å². The van der Waals surface area contributed by atoms with Crippen LogP contribution >= 0.6 is 22.9 Å². The first-order chi connectivity index (χ1) is 22.4. The molecule has 246 valence electrons. The molecule has 0 amide bonds. The second-order valence-electron chi connectivity index (χ2n) is 14.0. The molecule has 0 radical (unpaired) electrons. The lowest BCUT2D eigenvalue weighted by molar-refractivity contribution is 0.00859. The van der Waals surface area contributed by atoms with Gasteiger partial charge in [-0.2, -0.15) is 0 Å². The van der Waals surface area contributed by atoms with Gasteiger partial charge in [-0.3, -0.25) is 19.2 Å². The van der Waals surface area contributed by atoms with Gasteiger partial charge in [-0.1, -0.05) is 11.6 Å². The number of carboxylic acids is 1. The number of halogens is 3. The summed E-state index contributed by atoms with van der Waals surface area (Å²) < 4.78 is 37.4. The minimum Gasteiger partial charge on any atom is -0.491 e. The zero-order valence-electron chi connectivity index (χ0n) is 26.2. The number of hydrogen-bond acceptors (Lipinski definition) is 7. The summed E-state index contributed by atoms with van der Waals surface area (Å²) in [7, 11) is 0. The Morgan fingerprint density at radius 1 is 1.17 bits per heavy atom. The molecule has 12 heteroatoms. The van der Waals surface area contributed by atoms with Crippen LogP contribution in [0.15, 0.2) is 34.4 Å². The predicted molar refractivity (Wildman–Crippen MR) is 176 cm³/mol. The Labute approximate surface area is 279 Å². The molecule has 0 unspecified atom stereocenters. The standard InChI is InChI=1S/C35H35ClF2N4O4S/c1-19-12-24(29-28(39-19)26(16-47-29)32(44)45)23-13-21(36)4-5-27(23)46-11-10-42-20(2)40-30-25(31(42)43)14-22(15-33(30)7-8-33)41-9-3-6-34(18-41)17-35(34,37)38/h4-5,12-13,16,22H,3,6-11,14-15,17-18H2,1-2H3,(H,44,45)/t22-,34-/m1/s1. The highest BCUT2D eigenvalue weighted by Crippen LogP contribution is 2.65. The topological polar surface area (TPSA) is 97.6 Å². The Bertz CT molecular complexity index is 2020. The number of alkyl halides is 2. The normalized spacial score (nSPS) is 24.1. The molecular formula is C35H35ClF2N4O4S. The molecule has 4 aromatic rings. The number of carbonyl (C=O) groups is 1. The van der Waals surface area contributed by atoms with Gasteiger partial charge in [0.25, 0.3) is 11.5 Å². The van der Waals surface area contributed by atoms with Crippen LogP contribution in [0.25, 0.3) is 21.3 Å². The number of fused-ring (bicyclic) bond motifs is 3. The number of pyridine rings is 1. The van der Waals surface area contributed by atoms with Crippen molar-refractivity contribution in [3.05, 3.63) is 73.4 Å². The fourth-order valence-corrected chi connectivity index (χ4v) is 9.35. The summed E-state index contributed by atoms with van der Waals surface area (Å²) in [5, 5.41) is 11.8. The van der Waals surface area contributed by atoms with Crippen LogP contribution in [0, 0.1) is 19.3 Å². The summed E-state index contributed by atoms with van der Waals surface area (Å²) in [6.45, 7) is 5.34. The number of likely N-dealkylation sites (tertiary alicyclic amines) is 1. The first-order valence-corrected chi connectivity index (χ1v) is 17.4. The highest BCUT2D eigenvalue weighted by Gasteiger charge is 2.71. The number of hydrogen-bond donors (Lipinski definition) is 1. The molecule has 1 aliphatic heterocycles. The molecule has 1 N–H and O–H groups in total. The molecular weight excluding hydrogens is 646 g/mol. The van der Waals surface area contributed by atoms with Gasteiger partial charge >= 0.3 is 5.97 Å². The van der Waals surface area contributed by atoms with Crippen LogP contribution in [-0.2, 0) is 18.4 Å². The molecule has 3 aromatic heterocycles. The molecule has 2 saturated carbocycles. The van der Waals surface area contributed by atoms with Crippen molar-refractivity contribution in [2.24, 2.45) is 5.41 Å². The fourth-order valence-electron chi connectivity index (χ4n) is 8.17. The fraction of sp³-hybridized carbons (Fsp3) is 0.486. The number of nitrogens with zero attached hydrogens (tertiary/aromatic N) is 4. The van der Waals surface area contributed by atoms with Gasteiger partial charge in [0.15, 0.2) is 0 Å². The van der Waals surface area contributed by atoms with Gasteiger partial charge in [0, 0.05) is 57.2 Å². The quantitative estimate of drug-likeness (QED) is 0.224. The van der Waals surface area contributed by atoms with Crippen molar-refractivity contribution >= 4 is 39.1 Å². The number of benzene rings is 1. The largest absolute Gasteiger partial charge is 0.491 e. The maximum Gasteiger partial charge on any atom is 0.338 e. The van der Waals surface area contributed by atoms with Crippen molar-refractivity contribution in [2.75, 3.05) is 19.7 Å².